The number of carbonyl (C=O) groups is 4. The number of carbonyl (C=O) groups excluding carboxylic acids is 4. The standard InChI is InChI=1S/C27H34N4O9/c1-30(2)15-8-12(9-29-10-16(32)40-5)21(33)18-13(15)6-11-7-14-20(31(3)4)23(35)19(26(28)38)25(37)27(14,39)24(36)17(11)22(18)34/h8,11,14,20,29,33-34,37,39H,6-7,9-10H2,1-5H3,(H2,28,38)/t11-,14-,20-,27-/m1/s1. The molecule has 0 bridgehead atoms. The molecule has 0 aromatic heterocycles. The summed E-state index contributed by atoms with van der Waals surface area (Å²) in [4.78, 5) is 54.1. The second-order valence-electron chi connectivity index (χ2n) is 10.8. The quantitative estimate of drug-likeness (QED) is 0.182. The first-order chi connectivity index (χ1) is 18.7. The number of hydrogen-bond acceptors (Lipinski definition) is 12. The van der Waals surface area contributed by atoms with Crippen LogP contribution in [-0.2, 0) is 36.9 Å². The lowest BCUT2D eigenvalue weighted by atomic mass is 9.57. The van der Waals surface area contributed by atoms with Crippen LogP contribution in [0.15, 0.2) is 23.0 Å². The Hall–Kier alpha value is -3.94. The predicted octanol–water partition coefficient (Wildman–Crippen LogP) is -0.707. The molecule has 1 aromatic rings. The number of primary amides is 1. The Bertz CT molecular complexity index is 1380. The maximum atomic E-state index is 14.0. The lowest BCUT2D eigenvalue weighted by molar-refractivity contribution is -0.153. The van der Waals surface area contributed by atoms with Crippen LogP contribution >= 0.6 is 0 Å². The van der Waals surface area contributed by atoms with E-state index in [1.807, 2.05) is 0 Å². The number of aromatic hydroxyl groups is 1. The van der Waals surface area contributed by atoms with Crippen molar-refractivity contribution in [1.29, 1.82) is 0 Å². The third-order valence-electron chi connectivity index (χ3n) is 8.07. The Balaban J connectivity index is 1.91. The molecular weight excluding hydrogens is 524 g/mol. The van der Waals surface area contributed by atoms with E-state index in [4.69, 9.17) is 5.73 Å². The van der Waals surface area contributed by atoms with E-state index in [2.05, 4.69) is 10.1 Å². The molecule has 1 fully saturated rings. The molecule has 0 heterocycles. The van der Waals surface area contributed by atoms with Crippen LogP contribution in [0, 0.1) is 11.8 Å². The number of phenols is 1. The molecule has 0 saturated heterocycles. The second kappa shape index (κ2) is 10.2. The Morgan fingerprint density at radius 1 is 1.18 bits per heavy atom. The number of Topliss-reactive ketones (excluding diaryl/α,β-unsaturated/α-hetero) is 2. The molecule has 1 aromatic carbocycles. The van der Waals surface area contributed by atoms with Crippen LogP contribution in [0.2, 0.25) is 0 Å². The monoisotopic (exact) mass is 558 g/mol. The van der Waals surface area contributed by atoms with Gasteiger partial charge in [-0.2, -0.15) is 0 Å². The Kier molecular flexibility index (Phi) is 7.43. The summed E-state index contributed by atoms with van der Waals surface area (Å²) in [6.45, 7) is -0.106. The average Bonchev–Trinajstić information content (AvgIpc) is 2.86. The molecule has 13 heteroatoms. The number of likely N-dealkylation sites (N-methyl/N-ethyl adjacent to an activating group) is 1. The van der Waals surface area contributed by atoms with E-state index in [9.17, 15) is 39.6 Å². The van der Waals surface area contributed by atoms with E-state index < -0.39 is 64.0 Å². The molecule has 0 spiro atoms. The van der Waals surface area contributed by atoms with Gasteiger partial charge < -0.3 is 41.1 Å². The number of rotatable bonds is 7. The highest BCUT2D eigenvalue weighted by molar-refractivity contribution is 6.24. The van der Waals surface area contributed by atoms with Gasteiger partial charge in [-0.05, 0) is 44.5 Å². The summed E-state index contributed by atoms with van der Waals surface area (Å²) >= 11 is 0. The molecule has 40 heavy (non-hydrogen) atoms. The Morgan fingerprint density at radius 3 is 2.38 bits per heavy atom. The maximum Gasteiger partial charge on any atom is 0.319 e. The minimum atomic E-state index is -2.70. The van der Waals surface area contributed by atoms with E-state index in [0.29, 0.717) is 16.8 Å². The van der Waals surface area contributed by atoms with Crippen LogP contribution in [0.5, 0.6) is 5.75 Å². The van der Waals surface area contributed by atoms with Crippen molar-refractivity contribution >= 4 is 34.9 Å². The molecule has 13 nitrogen and oxygen atoms in total. The minimum Gasteiger partial charge on any atom is -0.508 e. The summed E-state index contributed by atoms with van der Waals surface area (Å²) in [5.74, 6) is -7.55. The zero-order chi connectivity index (χ0) is 29.8. The van der Waals surface area contributed by atoms with Crippen LogP contribution in [0.25, 0.3) is 5.76 Å². The van der Waals surface area contributed by atoms with E-state index >= 15 is 0 Å². The smallest absolute Gasteiger partial charge is 0.319 e. The number of methoxy groups -OCH3 is 1. The number of ether oxygens (including phenoxy) is 1. The molecule has 0 radical (unpaired) electrons. The molecular formula is C27H34N4O9. The van der Waals surface area contributed by atoms with E-state index in [1.54, 1.807) is 39.2 Å². The fourth-order valence-corrected chi connectivity index (χ4v) is 6.25. The number of esters is 1. The fourth-order valence-electron chi connectivity index (χ4n) is 6.25. The normalized spacial score (nSPS) is 25.9. The number of aliphatic hydroxyl groups excluding tert-OH is 2. The lowest BCUT2D eigenvalue weighted by Crippen LogP contribution is -2.65. The number of ketones is 2. The molecule has 1 saturated carbocycles. The van der Waals surface area contributed by atoms with Gasteiger partial charge in [0.1, 0.15) is 22.8 Å². The number of amides is 1. The number of phenolic OH excluding ortho intramolecular Hbond substituents is 1. The predicted molar refractivity (Wildman–Crippen MR) is 142 cm³/mol. The van der Waals surface area contributed by atoms with Gasteiger partial charge in [-0.15, -0.1) is 0 Å². The fraction of sp³-hybridized carbons (Fsp3) is 0.481. The van der Waals surface area contributed by atoms with Crippen LogP contribution in [0.1, 0.15) is 23.1 Å². The van der Waals surface area contributed by atoms with Crippen LogP contribution < -0.4 is 16.0 Å². The second-order valence-corrected chi connectivity index (χ2v) is 10.8. The highest BCUT2D eigenvalue weighted by atomic mass is 16.5. The highest BCUT2D eigenvalue weighted by Crippen LogP contribution is 2.54. The number of benzene rings is 1. The summed E-state index contributed by atoms with van der Waals surface area (Å²) in [7, 11) is 7.88. The number of nitrogens with one attached hydrogen (secondary N) is 1. The zero-order valence-electron chi connectivity index (χ0n) is 22.9. The third-order valence-corrected chi connectivity index (χ3v) is 8.07. The lowest BCUT2D eigenvalue weighted by Gasteiger charge is -2.50. The topological polar surface area (TPSA) is 203 Å². The Labute approximate surface area is 230 Å². The maximum absolute atomic E-state index is 14.0. The summed E-state index contributed by atoms with van der Waals surface area (Å²) in [5, 5.41) is 48.2. The van der Waals surface area contributed by atoms with Crippen molar-refractivity contribution in [2.45, 2.75) is 31.0 Å². The molecule has 0 aliphatic heterocycles. The zero-order valence-corrected chi connectivity index (χ0v) is 22.9. The van der Waals surface area contributed by atoms with Crippen molar-refractivity contribution in [2.24, 2.45) is 17.6 Å². The molecule has 216 valence electrons. The van der Waals surface area contributed by atoms with Crippen molar-refractivity contribution in [2.75, 3.05) is 46.7 Å². The first-order valence-corrected chi connectivity index (χ1v) is 12.7. The number of nitrogens with zero attached hydrogens (tertiary/aromatic N) is 2. The van der Waals surface area contributed by atoms with Gasteiger partial charge in [-0.1, -0.05) is 0 Å². The number of aliphatic hydroxyl groups is 3. The minimum absolute atomic E-state index is 0.00181. The summed E-state index contributed by atoms with van der Waals surface area (Å²) in [6, 6.07) is 0.556. The van der Waals surface area contributed by atoms with Crippen LogP contribution in [0.3, 0.4) is 0 Å². The van der Waals surface area contributed by atoms with Crippen LogP contribution in [-0.4, -0.2) is 102 Å². The van der Waals surface area contributed by atoms with Gasteiger partial charge in [0.15, 0.2) is 11.4 Å². The molecule has 3 aliphatic carbocycles. The first kappa shape index (κ1) is 29.1. The van der Waals surface area contributed by atoms with Gasteiger partial charge in [-0.25, -0.2) is 0 Å². The van der Waals surface area contributed by atoms with E-state index in [-0.39, 0.29) is 42.8 Å². The van der Waals surface area contributed by atoms with Crippen molar-refractivity contribution in [3.05, 3.63) is 39.7 Å². The van der Waals surface area contributed by atoms with Crippen molar-refractivity contribution in [3.63, 3.8) is 0 Å². The van der Waals surface area contributed by atoms with Crippen molar-refractivity contribution in [3.8, 4) is 5.75 Å². The summed E-state index contributed by atoms with van der Waals surface area (Å²) in [5.41, 5.74) is 3.06. The average molecular weight is 559 g/mol. The summed E-state index contributed by atoms with van der Waals surface area (Å²) in [6.07, 6.45) is 0.174. The largest absolute Gasteiger partial charge is 0.508 e. The van der Waals surface area contributed by atoms with Gasteiger partial charge >= 0.3 is 5.97 Å². The van der Waals surface area contributed by atoms with Gasteiger partial charge in [0, 0.05) is 43.4 Å². The molecule has 1 amide bonds. The number of hydrogen-bond donors (Lipinski definition) is 6. The SMILES string of the molecule is COC(=O)CNCc1cc(N(C)C)c2c(c1O)C(O)=C1C(=O)[C@@]3(O)C(O)=C(C(N)=O)C(=O)[C@H](N(C)C)[C@H]3C[C@H]1C2. The first-order valence-electron chi connectivity index (χ1n) is 12.7. The number of fused-ring (bicyclic) bond motifs is 3. The molecule has 0 unspecified atom stereocenters. The third kappa shape index (κ3) is 4.21. The molecule has 7 N–H and O–H groups in total. The molecule has 3 aliphatic rings. The highest BCUT2D eigenvalue weighted by Gasteiger charge is 2.64. The number of anilines is 1. The van der Waals surface area contributed by atoms with Gasteiger partial charge in [0.05, 0.1) is 25.3 Å². The van der Waals surface area contributed by atoms with E-state index in [0.717, 1.165) is 0 Å². The summed E-state index contributed by atoms with van der Waals surface area (Å²) < 4.78 is 4.61. The van der Waals surface area contributed by atoms with Gasteiger partial charge in [-0.3, -0.25) is 24.1 Å². The molecule has 4 rings (SSSR count). The number of nitrogens with two attached hydrogens (primary N) is 1. The Morgan fingerprint density at radius 2 is 1.82 bits per heavy atom. The van der Waals surface area contributed by atoms with Crippen molar-refractivity contribution < 1.29 is 44.3 Å². The van der Waals surface area contributed by atoms with Crippen LogP contribution in [0.4, 0.5) is 5.69 Å². The van der Waals surface area contributed by atoms with E-state index in [1.165, 1.54) is 12.0 Å². The molecule has 4 atom stereocenters. The van der Waals surface area contributed by atoms with Gasteiger partial charge in [0.2, 0.25) is 5.78 Å². The van der Waals surface area contributed by atoms with Gasteiger partial charge in [0.25, 0.3) is 5.91 Å². The van der Waals surface area contributed by atoms with Crippen molar-refractivity contribution in [1.82, 2.24) is 10.2 Å².